The maximum Gasteiger partial charge on any atom is 0.255 e. The lowest BCUT2D eigenvalue weighted by Crippen LogP contribution is -2.33. The van der Waals surface area contributed by atoms with Crippen molar-refractivity contribution in [3.05, 3.63) is 78.0 Å². The first-order chi connectivity index (χ1) is 12.2. The Morgan fingerprint density at radius 1 is 1.24 bits per heavy atom. The van der Waals surface area contributed by atoms with Gasteiger partial charge in [0.2, 0.25) is 0 Å². The molecule has 3 aromatic rings. The second-order valence-corrected chi connectivity index (χ2v) is 6.40. The van der Waals surface area contributed by atoms with Crippen molar-refractivity contribution in [2.45, 2.75) is 25.3 Å². The molecule has 2 heterocycles. The largest absolute Gasteiger partial charge is 0.335 e. The minimum absolute atomic E-state index is 0.00591. The van der Waals surface area contributed by atoms with Crippen LogP contribution in [0.5, 0.6) is 0 Å². The Kier molecular flexibility index (Phi) is 4.06. The number of amides is 1. The summed E-state index contributed by atoms with van der Waals surface area (Å²) in [6, 6.07) is 12.2. The van der Waals surface area contributed by atoms with Crippen molar-refractivity contribution in [2.75, 3.05) is 7.05 Å². The van der Waals surface area contributed by atoms with Crippen LogP contribution in [0, 0.1) is 0 Å². The normalized spacial score (nSPS) is 16.3. The highest BCUT2D eigenvalue weighted by Gasteiger charge is 2.27. The van der Waals surface area contributed by atoms with Gasteiger partial charge in [0.1, 0.15) is 12.1 Å². The number of hydrogen-bond acceptors (Lipinski definition) is 3. The number of hydrogen-bond donors (Lipinski definition) is 0. The van der Waals surface area contributed by atoms with E-state index in [9.17, 15) is 4.79 Å². The lowest BCUT2D eigenvalue weighted by atomic mass is 9.87. The van der Waals surface area contributed by atoms with Crippen molar-refractivity contribution >= 4 is 5.91 Å². The number of aryl methyl sites for hydroxylation is 1. The molecule has 2 aromatic heterocycles. The zero-order valence-corrected chi connectivity index (χ0v) is 14.2. The first-order valence-corrected chi connectivity index (χ1v) is 8.53. The number of rotatable bonds is 3. The topological polar surface area (TPSA) is 51.0 Å². The van der Waals surface area contributed by atoms with E-state index in [1.165, 1.54) is 11.1 Å². The molecule has 0 radical (unpaired) electrons. The summed E-state index contributed by atoms with van der Waals surface area (Å²) < 4.78 is 1.81. The van der Waals surface area contributed by atoms with E-state index in [4.69, 9.17) is 0 Å². The fourth-order valence-electron chi connectivity index (χ4n) is 3.54. The van der Waals surface area contributed by atoms with Gasteiger partial charge < -0.3 is 4.90 Å². The summed E-state index contributed by atoms with van der Waals surface area (Å²) in [6.07, 6.45) is 10.1. The van der Waals surface area contributed by atoms with E-state index >= 15 is 0 Å². The van der Waals surface area contributed by atoms with Crippen LogP contribution in [0.3, 0.4) is 0 Å². The summed E-state index contributed by atoms with van der Waals surface area (Å²) >= 11 is 0. The summed E-state index contributed by atoms with van der Waals surface area (Å²) in [5.41, 5.74) is 3.23. The number of imidazole rings is 1. The Labute approximate surface area is 147 Å². The zero-order chi connectivity index (χ0) is 17.2. The van der Waals surface area contributed by atoms with Gasteiger partial charge in [-0.05, 0) is 42.5 Å². The van der Waals surface area contributed by atoms with Gasteiger partial charge in [0, 0.05) is 25.6 Å². The SMILES string of the molecule is CN(C(=O)c1ccc(-n2ccnc2)nc1)[C@@H]1CCCc2ccccc21. The number of aromatic nitrogens is 3. The molecule has 1 aromatic carbocycles. The van der Waals surface area contributed by atoms with E-state index in [1.54, 1.807) is 18.7 Å². The Bertz CT molecular complexity index is 871. The number of fused-ring (bicyclic) bond motifs is 1. The predicted octanol–water partition coefficient (Wildman–Crippen LogP) is 3.42. The van der Waals surface area contributed by atoms with E-state index in [1.807, 2.05) is 34.8 Å². The molecule has 1 amide bonds. The smallest absolute Gasteiger partial charge is 0.255 e. The summed E-state index contributed by atoms with van der Waals surface area (Å²) in [5.74, 6) is 0.756. The minimum atomic E-state index is 0.00591. The number of carbonyl (C=O) groups is 1. The third-order valence-corrected chi connectivity index (χ3v) is 4.89. The maximum absolute atomic E-state index is 12.9. The Hall–Kier alpha value is -2.95. The van der Waals surface area contributed by atoms with Crippen molar-refractivity contribution in [1.29, 1.82) is 0 Å². The summed E-state index contributed by atoms with van der Waals surface area (Å²) in [7, 11) is 1.89. The maximum atomic E-state index is 12.9. The number of pyridine rings is 1. The summed E-state index contributed by atoms with van der Waals surface area (Å²) in [6.45, 7) is 0. The van der Waals surface area contributed by atoms with Crippen molar-refractivity contribution < 1.29 is 4.79 Å². The molecule has 0 bridgehead atoms. The lowest BCUT2D eigenvalue weighted by molar-refractivity contribution is 0.0714. The molecule has 25 heavy (non-hydrogen) atoms. The van der Waals surface area contributed by atoms with Crippen LogP contribution in [-0.2, 0) is 6.42 Å². The molecular formula is C20H20N4O. The molecule has 0 spiro atoms. The fourth-order valence-corrected chi connectivity index (χ4v) is 3.54. The van der Waals surface area contributed by atoms with Crippen LogP contribution < -0.4 is 0 Å². The van der Waals surface area contributed by atoms with Gasteiger partial charge in [-0.1, -0.05) is 24.3 Å². The number of benzene rings is 1. The highest BCUT2D eigenvalue weighted by atomic mass is 16.2. The van der Waals surface area contributed by atoms with Crippen molar-refractivity contribution in [3.63, 3.8) is 0 Å². The predicted molar refractivity (Wildman–Crippen MR) is 95.6 cm³/mol. The number of nitrogens with zero attached hydrogens (tertiary/aromatic N) is 4. The highest BCUT2D eigenvalue weighted by Crippen LogP contribution is 2.34. The molecule has 4 rings (SSSR count). The van der Waals surface area contributed by atoms with Crippen LogP contribution in [0.15, 0.2) is 61.3 Å². The van der Waals surface area contributed by atoms with Gasteiger partial charge in [-0.2, -0.15) is 0 Å². The second-order valence-electron chi connectivity index (χ2n) is 6.40. The van der Waals surface area contributed by atoms with Crippen LogP contribution in [0.4, 0.5) is 0 Å². The molecule has 0 saturated carbocycles. The van der Waals surface area contributed by atoms with Gasteiger partial charge in [-0.25, -0.2) is 9.97 Å². The molecule has 0 N–H and O–H groups in total. The third-order valence-electron chi connectivity index (χ3n) is 4.89. The molecule has 5 heteroatoms. The van der Waals surface area contributed by atoms with Crippen LogP contribution in [0.25, 0.3) is 5.82 Å². The average molecular weight is 332 g/mol. The van der Waals surface area contributed by atoms with E-state index in [0.29, 0.717) is 5.56 Å². The van der Waals surface area contributed by atoms with E-state index in [0.717, 1.165) is 25.1 Å². The minimum Gasteiger partial charge on any atom is -0.335 e. The quantitative estimate of drug-likeness (QED) is 0.738. The van der Waals surface area contributed by atoms with E-state index in [-0.39, 0.29) is 11.9 Å². The molecule has 0 aliphatic heterocycles. The molecule has 1 aliphatic carbocycles. The van der Waals surface area contributed by atoms with Crippen LogP contribution in [0.2, 0.25) is 0 Å². The fraction of sp³-hybridized carbons (Fsp3) is 0.250. The van der Waals surface area contributed by atoms with Gasteiger partial charge in [0.25, 0.3) is 5.91 Å². The third kappa shape index (κ3) is 2.93. The zero-order valence-electron chi connectivity index (χ0n) is 14.2. The molecule has 0 unspecified atom stereocenters. The molecule has 0 fully saturated rings. The molecule has 5 nitrogen and oxygen atoms in total. The van der Waals surface area contributed by atoms with Crippen LogP contribution >= 0.6 is 0 Å². The Morgan fingerprint density at radius 3 is 2.88 bits per heavy atom. The molecule has 126 valence electrons. The summed E-state index contributed by atoms with van der Waals surface area (Å²) in [5, 5.41) is 0. The Morgan fingerprint density at radius 2 is 2.12 bits per heavy atom. The van der Waals surface area contributed by atoms with Gasteiger partial charge in [-0.15, -0.1) is 0 Å². The Balaban J connectivity index is 1.57. The first kappa shape index (κ1) is 15.6. The lowest BCUT2D eigenvalue weighted by Gasteiger charge is -2.33. The van der Waals surface area contributed by atoms with Crippen molar-refractivity contribution in [1.82, 2.24) is 19.4 Å². The van der Waals surface area contributed by atoms with Crippen molar-refractivity contribution in [2.24, 2.45) is 0 Å². The molecule has 1 atom stereocenters. The van der Waals surface area contributed by atoms with E-state index in [2.05, 4.69) is 34.2 Å². The monoisotopic (exact) mass is 332 g/mol. The van der Waals surface area contributed by atoms with Crippen LogP contribution in [0.1, 0.15) is 40.4 Å². The van der Waals surface area contributed by atoms with Gasteiger partial charge in [0.05, 0.1) is 11.6 Å². The van der Waals surface area contributed by atoms with Crippen molar-refractivity contribution in [3.8, 4) is 5.82 Å². The molecule has 1 aliphatic rings. The van der Waals surface area contributed by atoms with Gasteiger partial charge in [0.15, 0.2) is 0 Å². The standard InChI is InChI=1S/C20H20N4O/c1-23(18-8-4-6-15-5-2-3-7-17(15)18)20(25)16-9-10-19(22-13-16)24-12-11-21-14-24/h2-3,5,7,9-14,18H,4,6,8H2,1H3/t18-/m1/s1. The second kappa shape index (κ2) is 6.51. The highest BCUT2D eigenvalue weighted by molar-refractivity contribution is 5.94. The molecule has 0 saturated heterocycles. The summed E-state index contributed by atoms with van der Waals surface area (Å²) in [4.78, 5) is 23.2. The van der Waals surface area contributed by atoms with Crippen LogP contribution in [-0.4, -0.2) is 32.4 Å². The average Bonchev–Trinajstić information content (AvgIpc) is 3.21. The molecular weight excluding hydrogens is 312 g/mol. The number of carbonyl (C=O) groups excluding carboxylic acids is 1. The van der Waals surface area contributed by atoms with Gasteiger partial charge >= 0.3 is 0 Å². The first-order valence-electron chi connectivity index (χ1n) is 8.53. The van der Waals surface area contributed by atoms with Gasteiger partial charge in [-0.3, -0.25) is 9.36 Å². The van der Waals surface area contributed by atoms with E-state index < -0.39 is 0 Å².